The average molecular weight is 158 g/mol. The standard InChI is InChI=1S/C5H8.C3H6O3/c1-2-4-5-3-1;1-6-3(5)2-4/h1-2H,3-5H2;4H,2H2,1H3. The van der Waals surface area contributed by atoms with Gasteiger partial charge < -0.3 is 9.84 Å². The minimum atomic E-state index is -0.602. The zero-order chi connectivity index (χ0) is 8.53. The lowest BCUT2D eigenvalue weighted by Gasteiger charge is -1.86. The van der Waals surface area contributed by atoms with Gasteiger partial charge in [-0.3, -0.25) is 0 Å². The third-order valence-electron chi connectivity index (χ3n) is 1.27. The number of hydrogen-bond donors (Lipinski definition) is 1. The van der Waals surface area contributed by atoms with E-state index in [1.165, 1.54) is 26.4 Å². The van der Waals surface area contributed by atoms with Crippen molar-refractivity contribution in [3.05, 3.63) is 12.2 Å². The van der Waals surface area contributed by atoms with Crippen LogP contribution in [-0.2, 0) is 9.53 Å². The van der Waals surface area contributed by atoms with Gasteiger partial charge in [-0.2, -0.15) is 0 Å². The second-order valence-corrected chi connectivity index (χ2v) is 2.14. The van der Waals surface area contributed by atoms with Gasteiger partial charge in [0.2, 0.25) is 0 Å². The summed E-state index contributed by atoms with van der Waals surface area (Å²) >= 11 is 0. The number of aliphatic hydroxyl groups excluding tert-OH is 1. The molecule has 0 amide bonds. The molecule has 0 radical (unpaired) electrons. The van der Waals surface area contributed by atoms with E-state index in [0.29, 0.717) is 0 Å². The fraction of sp³-hybridized carbons (Fsp3) is 0.625. The third-order valence-corrected chi connectivity index (χ3v) is 1.27. The molecule has 64 valence electrons. The highest BCUT2D eigenvalue weighted by Crippen LogP contribution is 2.05. The van der Waals surface area contributed by atoms with Crippen LogP contribution < -0.4 is 0 Å². The van der Waals surface area contributed by atoms with E-state index in [4.69, 9.17) is 5.11 Å². The molecule has 0 heterocycles. The Morgan fingerprint density at radius 1 is 1.55 bits per heavy atom. The first-order valence-corrected chi connectivity index (χ1v) is 3.64. The largest absolute Gasteiger partial charge is 0.467 e. The van der Waals surface area contributed by atoms with Crippen LogP contribution in [0.4, 0.5) is 0 Å². The van der Waals surface area contributed by atoms with E-state index >= 15 is 0 Å². The highest BCUT2D eigenvalue weighted by molar-refractivity contribution is 5.70. The summed E-state index contributed by atoms with van der Waals surface area (Å²) in [6.45, 7) is -0.531. The predicted molar refractivity (Wildman–Crippen MR) is 42.1 cm³/mol. The predicted octanol–water partition coefficient (Wildman–Crippen LogP) is 0.878. The molecule has 0 atom stereocenters. The van der Waals surface area contributed by atoms with E-state index in [2.05, 4.69) is 16.9 Å². The molecule has 0 aromatic carbocycles. The van der Waals surface area contributed by atoms with Gasteiger partial charge in [-0.25, -0.2) is 4.79 Å². The smallest absolute Gasteiger partial charge is 0.331 e. The molecule has 0 unspecified atom stereocenters. The quantitative estimate of drug-likeness (QED) is 0.455. The van der Waals surface area contributed by atoms with E-state index in [-0.39, 0.29) is 0 Å². The number of aliphatic hydroxyl groups is 1. The highest BCUT2D eigenvalue weighted by Gasteiger charge is 1.89. The Balaban J connectivity index is 0.000000183. The van der Waals surface area contributed by atoms with Crippen molar-refractivity contribution in [2.75, 3.05) is 13.7 Å². The molecule has 1 N–H and O–H groups in total. The van der Waals surface area contributed by atoms with Gasteiger partial charge in [-0.1, -0.05) is 12.2 Å². The molecule has 0 aromatic rings. The number of allylic oxidation sites excluding steroid dienone is 2. The van der Waals surface area contributed by atoms with Crippen molar-refractivity contribution in [3.63, 3.8) is 0 Å². The Morgan fingerprint density at radius 2 is 2.09 bits per heavy atom. The maximum atomic E-state index is 9.71. The van der Waals surface area contributed by atoms with Crippen molar-refractivity contribution in [2.24, 2.45) is 0 Å². The summed E-state index contributed by atoms with van der Waals surface area (Å²) in [4.78, 5) is 9.71. The Hall–Kier alpha value is -0.830. The van der Waals surface area contributed by atoms with Crippen LogP contribution in [0.3, 0.4) is 0 Å². The zero-order valence-corrected chi connectivity index (χ0v) is 6.75. The monoisotopic (exact) mass is 158 g/mol. The topological polar surface area (TPSA) is 46.5 Å². The van der Waals surface area contributed by atoms with Gasteiger partial charge in [0.1, 0.15) is 6.61 Å². The van der Waals surface area contributed by atoms with E-state index < -0.39 is 12.6 Å². The number of carbonyl (C=O) groups excluding carboxylic acids is 1. The Labute approximate surface area is 66.7 Å². The van der Waals surface area contributed by atoms with Crippen LogP contribution in [0.15, 0.2) is 12.2 Å². The maximum Gasteiger partial charge on any atom is 0.331 e. The summed E-state index contributed by atoms with van der Waals surface area (Å²) < 4.78 is 4.01. The number of rotatable bonds is 1. The Kier molecular flexibility index (Phi) is 6.73. The van der Waals surface area contributed by atoms with Crippen LogP contribution in [0, 0.1) is 0 Å². The first-order chi connectivity index (χ1) is 5.31. The molecule has 1 rings (SSSR count). The van der Waals surface area contributed by atoms with Crippen molar-refractivity contribution in [1.29, 1.82) is 0 Å². The van der Waals surface area contributed by atoms with Crippen LogP contribution in [0.2, 0.25) is 0 Å². The van der Waals surface area contributed by atoms with Gasteiger partial charge in [-0.05, 0) is 19.3 Å². The number of hydrogen-bond acceptors (Lipinski definition) is 3. The van der Waals surface area contributed by atoms with E-state index in [1.54, 1.807) is 0 Å². The van der Waals surface area contributed by atoms with Crippen LogP contribution >= 0.6 is 0 Å². The number of ether oxygens (including phenoxy) is 1. The van der Waals surface area contributed by atoms with Crippen molar-refractivity contribution in [2.45, 2.75) is 19.3 Å². The van der Waals surface area contributed by atoms with Gasteiger partial charge in [-0.15, -0.1) is 0 Å². The van der Waals surface area contributed by atoms with Crippen LogP contribution in [0.5, 0.6) is 0 Å². The lowest BCUT2D eigenvalue weighted by atomic mass is 10.4. The van der Waals surface area contributed by atoms with E-state index in [9.17, 15) is 4.79 Å². The summed E-state index contributed by atoms with van der Waals surface area (Å²) in [5.41, 5.74) is 0. The van der Waals surface area contributed by atoms with Gasteiger partial charge in [0.15, 0.2) is 0 Å². The van der Waals surface area contributed by atoms with Crippen molar-refractivity contribution in [1.82, 2.24) is 0 Å². The van der Waals surface area contributed by atoms with Crippen LogP contribution in [0.25, 0.3) is 0 Å². The molecule has 0 fully saturated rings. The van der Waals surface area contributed by atoms with Crippen molar-refractivity contribution < 1.29 is 14.6 Å². The summed E-state index contributed by atoms with van der Waals surface area (Å²) in [6.07, 6.45) is 8.50. The highest BCUT2D eigenvalue weighted by atomic mass is 16.5. The molecule has 1 aliphatic carbocycles. The summed E-state index contributed by atoms with van der Waals surface area (Å²) in [7, 11) is 1.22. The summed E-state index contributed by atoms with van der Waals surface area (Å²) in [5, 5.41) is 7.86. The Bertz CT molecular complexity index is 117. The molecule has 11 heavy (non-hydrogen) atoms. The molecule has 0 aromatic heterocycles. The minimum absolute atomic E-state index is 0.531. The summed E-state index contributed by atoms with van der Waals surface area (Å²) in [6, 6.07) is 0. The van der Waals surface area contributed by atoms with Gasteiger partial charge in [0, 0.05) is 0 Å². The normalized spacial score (nSPS) is 13.6. The first-order valence-electron chi connectivity index (χ1n) is 3.64. The lowest BCUT2D eigenvalue weighted by Crippen LogP contribution is -2.04. The van der Waals surface area contributed by atoms with Crippen molar-refractivity contribution in [3.8, 4) is 0 Å². The molecule has 1 aliphatic rings. The molecular formula is C8H14O3. The molecule has 0 saturated carbocycles. The van der Waals surface area contributed by atoms with Crippen LogP contribution in [-0.4, -0.2) is 24.8 Å². The maximum absolute atomic E-state index is 9.71. The van der Waals surface area contributed by atoms with E-state index in [1.807, 2.05) is 0 Å². The molecule has 0 spiro atoms. The van der Waals surface area contributed by atoms with Gasteiger partial charge in [0.05, 0.1) is 7.11 Å². The Morgan fingerprint density at radius 3 is 2.18 bits per heavy atom. The van der Waals surface area contributed by atoms with Gasteiger partial charge in [0.25, 0.3) is 0 Å². The lowest BCUT2D eigenvalue weighted by molar-refractivity contribution is -0.143. The third kappa shape index (κ3) is 7.06. The molecule has 0 aliphatic heterocycles. The number of carbonyl (C=O) groups is 1. The first kappa shape index (κ1) is 10.2. The molecule has 3 heteroatoms. The second-order valence-electron chi connectivity index (χ2n) is 2.14. The molecule has 0 bridgehead atoms. The SMILES string of the molecule is C1=CCCC1.COC(=O)CO. The second kappa shape index (κ2) is 7.28. The molecule has 3 nitrogen and oxygen atoms in total. The minimum Gasteiger partial charge on any atom is -0.467 e. The fourth-order valence-electron chi connectivity index (χ4n) is 0.654. The average Bonchev–Trinajstić information content (AvgIpc) is 2.60. The number of esters is 1. The number of methoxy groups -OCH3 is 1. The van der Waals surface area contributed by atoms with Crippen molar-refractivity contribution >= 4 is 5.97 Å². The fourth-order valence-corrected chi connectivity index (χ4v) is 0.654. The van der Waals surface area contributed by atoms with Crippen LogP contribution in [0.1, 0.15) is 19.3 Å². The molecule has 0 saturated heterocycles. The summed E-state index contributed by atoms with van der Waals surface area (Å²) in [5.74, 6) is -0.602. The van der Waals surface area contributed by atoms with E-state index in [0.717, 1.165) is 0 Å². The van der Waals surface area contributed by atoms with Gasteiger partial charge >= 0.3 is 5.97 Å². The zero-order valence-electron chi connectivity index (χ0n) is 6.75. The molecular weight excluding hydrogens is 144 g/mol.